The Morgan fingerprint density at radius 1 is 1.41 bits per heavy atom. The van der Waals surface area contributed by atoms with E-state index in [1.165, 1.54) is 6.42 Å². The summed E-state index contributed by atoms with van der Waals surface area (Å²) in [5.74, 6) is 0. The van der Waals surface area contributed by atoms with E-state index in [4.69, 9.17) is 0 Å². The van der Waals surface area contributed by atoms with Gasteiger partial charge in [-0.15, -0.1) is 0 Å². The molecule has 0 radical (unpaired) electrons. The summed E-state index contributed by atoms with van der Waals surface area (Å²) in [4.78, 5) is 6.43. The number of nitrogens with zero attached hydrogens (tertiary/aromatic N) is 3. The van der Waals surface area contributed by atoms with Crippen LogP contribution in [0, 0.1) is 0 Å². The number of imidazole rings is 1. The van der Waals surface area contributed by atoms with Crippen molar-refractivity contribution in [2.75, 3.05) is 26.7 Å². The molecule has 17 heavy (non-hydrogen) atoms. The summed E-state index contributed by atoms with van der Waals surface area (Å²) in [6.45, 7) is 8.84. The Balaban J connectivity index is 1.94. The van der Waals surface area contributed by atoms with Crippen LogP contribution in [0.2, 0.25) is 0 Å². The van der Waals surface area contributed by atoms with E-state index in [0.29, 0.717) is 6.04 Å². The Bertz CT molecular complexity index is 271. The standard InChI is InChI=1S/C13H26N4/c1-4-13(2)16(3)10-7-14-6-5-9-17-11-8-15-12-17/h8,11-14H,4-7,9-10H2,1-3H3. The third-order valence-corrected chi connectivity index (χ3v) is 3.31. The highest BCUT2D eigenvalue weighted by atomic mass is 15.1. The van der Waals surface area contributed by atoms with E-state index in [1.807, 2.05) is 18.7 Å². The summed E-state index contributed by atoms with van der Waals surface area (Å²) in [5, 5.41) is 3.48. The van der Waals surface area contributed by atoms with Crippen LogP contribution in [0.15, 0.2) is 18.7 Å². The minimum atomic E-state index is 0.683. The molecule has 1 N–H and O–H groups in total. The normalized spacial score (nSPS) is 13.2. The van der Waals surface area contributed by atoms with Gasteiger partial charge in [-0.25, -0.2) is 4.98 Å². The molecule has 4 nitrogen and oxygen atoms in total. The number of hydrogen-bond acceptors (Lipinski definition) is 3. The Hall–Kier alpha value is -0.870. The van der Waals surface area contributed by atoms with Crippen LogP contribution >= 0.6 is 0 Å². The fourth-order valence-electron chi connectivity index (χ4n) is 1.72. The molecule has 0 spiro atoms. The lowest BCUT2D eigenvalue weighted by Gasteiger charge is -2.23. The van der Waals surface area contributed by atoms with Crippen LogP contribution in [0.4, 0.5) is 0 Å². The van der Waals surface area contributed by atoms with Gasteiger partial charge in [0, 0.05) is 38.1 Å². The maximum atomic E-state index is 4.03. The van der Waals surface area contributed by atoms with E-state index in [0.717, 1.165) is 32.6 Å². The molecule has 0 fully saturated rings. The first-order valence-corrected chi connectivity index (χ1v) is 6.60. The zero-order chi connectivity index (χ0) is 12.5. The highest BCUT2D eigenvalue weighted by Gasteiger charge is 2.04. The molecule has 0 bridgehead atoms. The Kier molecular flexibility index (Phi) is 6.89. The van der Waals surface area contributed by atoms with Gasteiger partial charge in [-0.1, -0.05) is 6.92 Å². The second-order valence-electron chi connectivity index (χ2n) is 4.64. The highest BCUT2D eigenvalue weighted by Crippen LogP contribution is 1.98. The molecule has 1 aromatic rings. The molecule has 1 heterocycles. The van der Waals surface area contributed by atoms with Crippen molar-refractivity contribution in [1.82, 2.24) is 19.8 Å². The van der Waals surface area contributed by atoms with Crippen molar-refractivity contribution in [2.45, 2.75) is 39.3 Å². The smallest absolute Gasteiger partial charge is 0.0945 e. The minimum absolute atomic E-state index is 0.683. The van der Waals surface area contributed by atoms with Gasteiger partial charge in [0.25, 0.3) is 0 Å². The fraction of sp³-hybridized carbons (Fsp3) is 0.769. The predicted molar refractivity (Wildman–Crippen MR) is 72.1 cm³/mol. The van der Waals surface area contributed by atoms with Crippen molar-refractivity contribution in [3.63, 3.8) is 0 Å². The van der Waals surface area contributed by atoms with Gasteiger partial charge in [0.1, 0.15) is 0 Å². The lowest BCUT2D eigenvalue weighted by atomic mass is 10.2. The van der Waals surface area contributed by atoms with E-state index in [-0.39, 0.29) is 0 Å². The Labute approximate surface area is 105 Å². The zero-order valence-corrected chi connectivity index (χ0v) is 11.4. The minimum Gasteiger partial charge on any atom is -0.337 e. The van der Waals surface area contributed by atoms with Gasteiger partial charge < -0.3 is 14.8 Å². The molecule has 0 aromatic carbocycles. The summed E-state index contributed by atoms with van der Waals surface area (Å²) in [6.07, 6.45) is 8.09. The van der Waals surface area contributed by atoms with Crippen LogP contribution in [0.1, 0.15) is 26.7 Å². The first kappa shape index (κ1) is 14.2. The Morgan fingerprint density at radius 2 is 2.24 bits per heavy atom. The van der Waals surface area contributed by atoms with E-state index in [1.54, 1.807) is 0 Å². The lowest BCUT2D eigenvalue weighted by molar-refractivity contribution is 0.252. The summed E-state index contributed by atoms with van der Waals surface area (Å²) in [7, 11) is 2.20. The average molecular weight is 238 g/mol. The van der Waals surface area contributed by atoms with Crippen LogP contribution in [0.5, 0.6) is 0 Å². The fourth-order valence-corrected chi connectivity index (χ4v) is 1.72. The molecule has 1 unspecified atom stereocenters. The molecule has 0 aliphatic heterocycles. The van der Waals surface area contributed by atoms with Crippen LogP contribution in [0.25, 0.3) is 0 Å². The molecule has 4 heteroatoms. The van der Waals surface area contributed by atoms with Gasteiger partial charge in [0.05, 0.1) is 6.33 Å². The number of aromatic nitrogens is 2. The molecular formula is C13H26N4. The second-order valence-corrected chi connectivity index (χ2v) is 4.64. The van der Waals surface area contributed by atoms with Crippen molar-refractivity contribution >= 4 is 0 Å². The first-order valence-electron chi connectivity index (χ1n) is 6.60. The van der Waals surface area contributed by atoms with E-state index < -0.39 is 0 Å². The van der Waals surface area contributed by atoms with E-state index >= 15 is 0 Å². The van der Waals surface area contributed by atoms with Crippen LogP contribution in [-0.2, 0) is 6.54 Å². The largest absolute Gasteiger partial charge is 0.337 e. The molecule has 0 aliphatic carbocycles. The van der Waals surface area contributed by atoms with Crippen molar-refractivity contribution in [3.8, 4) is 0 Å². The third kappa shape index (κ3) is 5.84. The predicted octanol–water partition coefficient (Wildman–Crippen LogP) is 1.59. The highest BCUT2D eigenvalue weighted by molar-refractivity contribution is 4.73. The quantitative estimate of drug-likeness (QED) is 0.663. The van der Waals surface area contributed by atoms with Crippen molar-refractivity contribution in [3.05, 3.63) is 18.7 Å². The van der Waals surface area contributed by atoms with Crippen LogP contribution in [-0.4, -0.2) is 47.2 Å². The molecule has 0 saturated heterocycles. The maximum Gasteiger partial charge on any atom is 0.0945 e. The van der Waals surface area contributed by atoms with Gasteiger partial charge in [0.15, 0.2) is 0 Å². The first-order chi connectivity index (χ1) is 8.24. The SMILES string of the molecule is CCC(C)N(C)CCNCCCn1ccnc1. The van der Waals surface area contributed by atoms with Gasteiger partial charge >= 0.3 is 0 Å². The van der Waals surface area contributed by atoms with E-state index in [9.17, 15) is 0 Å². The summed E-state index contributed by atoms with van der Waals surface area (Å²) >= 11 is 0. The second kappa shape index (κ2) is 8.25. The third-order valence-electron chi connectivity index (χ3n) is 3.31. The van der Waals surface area contributed by atoms with E-state index in [2.05, 4.69) is 40.7 Å². The van der Waals surface area contributed by atoms with Crippen LogP contribution in [0.3, 0.4) is 0 Å². The molecule has 0 saturated carbocycles. The molecule has 1 aromatic heterocycles. The zero-order valence-electron chi connectivity index (χ0n) is 11.4. The van der Waals surface area contributed by atoms with Gasteiger partial charge in [0.2, 0.25) is 0 Å². The van der Waals surface area contributed by atoms with Crippen LogP contribution < -0.4 is 5.32 Å². The van der Waals surface area contributed by atoms with Gasteiger partial charge in [-0.2, -0.15) is 0 Å². The summed E-state index contributed by atoms with van der Waals surface area (Å²) in [5.41, 5.74) is 0. The lowest BCUT2D eigenvalue weighted by Crippen LogP contribution is -2.35. The number of aryl methyl sites for hydroxylation is 1. The van der Waals surface area contributed by atoms with Gasteiger partial charge in [-0.05, 0) is 33.4 Å². The molecule has 1 rings (SSSR count). The number of nitrogens with one attached hydrogen (secondary N) is 1. The Morgan fingerprint density at radius 3 is 2.88 bits per heavy atom. The number of likely N-dealkylation sites (N-methyl/N-ethyl adjacent to an activating group) is 1. The monoisotopic (exact) mass is 238 g/mol. The summed E-state index contributed by atoms with van der Waals surface area (Å²) < 4.78 is 2.12. The average Bonchev–Trinajstić information content (AvgIpc) is 2.85. The number of rotatable bonds is 9. The maximum absolute atomic E-state index is 4.03. The van der Waals surface area contributed by atoms with Crippen molar-refractivity contribution in [2.24, 2.45) is 0 Å². The van der Waals surface area contributed by atoms with Crippen molar-refractivity contribution in [1.29, 1.82) is 0 Å². The molecule has 98 valence electrons. The van der Waals surface area contributed by atoms with Gasteiger partial charge in [-0.3, -0.25) is 0 Å². The van der Waals surface area contributed by atoms with Crippen molar-refractivity contribution < 1.29 is 0 Å². The molecule has 0 aliphatic rings. The molecule has 0 amide bonds. The topological polar surface area (TPSA) is 33.1 Å². The molecule has 1 atom stereocenters. The number of hydrogen-bond donors (Lipinski definition) is 1. The molecular weight excluding hydrogens is 212 g/mol. The summed E-state index contributed by atoms with van der Waals surface area (Å²) in [6, 6.07) is 0.683.